The second-order valence-corrected chi connectivity index (χ2v) is 7.96. The number of anilines is 1. The Kier molecular flexibility index (Phi) is 5.51. The van der Waals surface area contributed by atoms with Crippen molar-refractivity contribution in [3.05, 3.63) is 59.1 Å². The fraction of sp³-hybridized carbons (Fsp3) is 0.235. The van der Waals surface area contributed by atoms with Crippen molar-refractivity contribution >= 4 is 33.2 Å². The summed E-state index contributed by atoms with van der Waals surface area (Å²) in [5.41, 5.74) is 1.37. The Morgan fingerprint density at radius 3 is 2.25 bits per heavy atom. The zero-order valence-electron chi connectivity index (χ0n) is 13.7. The predicted octanol–water partition coefficient (Wildman–Crippen LogP) is 3.97. The molecule has 0 aliphatic rings. The molecule has 2 aromatic rings. The Balaban J connectivity index is 2.10. The summed E-state index contributed by atoms with van der Waals surface area (Å²) in [5, 5.41) is 3.34. The highest BCUT2D eigenvalue weighted by molar-refractivity contribution is 7.90. The Bertz CT molecular complexity index is 835. The average molecular weight is 367 g/mol. The number of hydrogen-bond donors (Lipinski definition) is 1. The van der Waals surface area contributed by atoms with Gasteiger partial charge in [0.2, 0.25) is 0 Å². The van der Waals surface area contributed by atoms with E-state index in [9.17, 15) is 13.2 Å². The third-order valence-electron chi connectivity index (χ3n) is 3.79. The quantitative estimate of drug-likeness (QED) is 0.890. The molecule has 24 heavy (non-hydrogen) atoms. The normalized spacial score (nSPS) is 12.5. The lowest BCUT2D eigenvalue weighted by Gasteiger charge is -2.26. The molecule has 2 rings (SSSR count). The van der Waals surface area contributed by atoms with Gasteiger partial charge in [-0.2, -0.15) is 0 Å². The van der Waals surface area contributed by atoms with E-state index in [0.717, 1.165) is 11.8 Å². The molecular formula is C17H19ClN2O3S. The summed E-state index contributed by atoms with van der Waals surface area (Å²) < 4.78 is 22.9. The predicted molar refractivity (Wildman–Crippen MR) is 96.2 cm³/mol. The van der Waals surface area contributed by atoms with Crippen molar-refractivity contribution in [2.75, 3.05) is 18.6 Å². The lowest BCUT2D eigenvalue weighted by atomic mass is 10.1. The molecule has 1 atom stereocenters. The van der Waals surface area contributed by atoms with Gasteiger partial charge in [-0.15, -0.1) is 0 Å². The van der Waals surface area contributed by atoms with Crippen LogP contribution in [0, 0.1) is 0 Å². The molecule has 0 saturated heterocycles. The van der Waals surface area contributed by atoms with Crippen molar-refractivity contribution < 1.29 is 13.2 Å². The van der Waals surface area contributed by atoms with Crippen LogP contribution in [0.3, 0.4) is 0 Å². The first-order chi connectivity index (χ1) is 11.2. The summed E-state index contributed by atoms with van der Waals surface area (Å²) in [6.07, 6.45) is 1.14. The first-order valence-electron chi connectivity index (χ1n) is 7.28. The number of sulfone groups is 1. The van der Waals surface area contributed by atoms with Crippen molar-refractivity contribution in [3.63, 3.8) is 0 Å². The number of nitrogens with one attached hydrogen (secondary N) is 1. The van der Waals surface area contributed by atoms with E-state index >= 15 is 0 Å². The SMILES string of the molecule is C[C@@H](c1ccccc1Cl)N(C)C(=O)Nc1ccc(S(C)(=O)=O)cc1. The molecule has 0 aliphatic heterocycles. The molecule has 7 heteroatoms. The Morgan fingerprint density at radius 2 is 1.71 bits per heavy atom. The molecule has 1 N–H and O–H groups in total. The molecule has 5 nitrogen and oxygen atoms in total. The highest BCUT2D eigenvalue weighted by Gasteiger charge is 2.19. The molecule has 0 saturated carbocycles. The Labute approximate surface area is 147 Å². The van der Waals surface area contributed by atoms with Crippen molar-refractivity contribution in [2.24, 2.45) is 0 Å². The number of amides is 2. The molecular weight excluding hydrogens is 348 g/mol. The summed E-state index contributed by atoms with van der Waals surface area (Å²) in [4.78, 5) is 14.1. The second-order valence-electron chi connectivity index (χ2n) is 5.54. The monoisotopic (exact) mass is 366 g/mol. The number of carbonyl (C=O) groups excluding carboxylic acids is 1. The number of hydrogen-bond acceptors (Lipinski definition) is 3. The van der Waals surface area contributed by atoms with Gasteiger partial charge in [0.1, 0.15) is 0 Å². The Morgan fingerprint density at radius 1 is 1.12 bits per heavy atom. The second kappa shape index (κ2) is 7.23. The highest BCUT2D eigenvalue weighted by Crippen LogP contribution is 2.26. The van der Waals surface area contributed by atoms with E-state index in [0.29, 0.717) is 10.7 Å². The minimum absolute atomic E-state index is 0.207. The molecule has 0 heterocycles. The molecule has 0 aliphatic carbocycles. The van der Waals surface area contributed by atoms with Gasteiger partial charge in [0.05, 0.1) is 10.9 Å². The lowest BCUT2D eigenvalue weighted by molar-refractivity contribution is 0.208. The topological polar surface area (TPSA) is 66.5 Å². The zero-order valence-corrected chi connectivity index (χ0v) is 15.2. The lowest BCUT2D eigenvalue weighted by Crippen LogP contribution is -2.33. The average Bonchev–Trinajstić information content (AvgIpc) is 2.53. The van der Waals surface area contributed by atoms with Gasteiger partial charge in [-0.1, -0.05) is 29.8 Å². The van der Waals surface area contributed by atoms with Crippen molar-refractivity contribution in [3.8, 4) is 0 Å². The summed E-state index contributed by atoms with van der Waals surface area (Å²) in [7, 11) is -1.58. The first kappa shape index (κ1) is 18.3. The van der Waals surface area contributed by atoms with E-state index < -0.39 is 9.84 Å². The number of rotatable bonds is 4. The fourth-order valence-corrected chi connectivity index (χ4v) is 3.12. The molecule has 0 aromatic heterocycles. The standard InChI is InChI=1S/C17H19ClN2O3S/c1-12(15-6-4-5-7-16(15)18)20(2)17(21)19-13-8-10-14(11-9-13)24(3,22)23/h4-12H,1-3H3,(H,19,21)/t12-/m0/s1. The van der Waals surface area contributed by atoms with Crippen LogP contribution >= 0.6 is 11.6 Å². The number of urea groups is 1. The van der Waals surface area contributed by atoms with Crippen molar-refractivity contribution in [1.29, 1.82) is 0 Å². The van der Waals surface area contributed by atoms with E-state index in [-0.39, 0.29) is 17.0 Å². The number of carbonyl (C=O) groups is 1. The van der Waals surface area contributed by atoms with Gasteiger partial charge in [0.15, 0.2) is 9.84 Å². The maximum Gasteiger partial charge on any atom is 0.322 e. The van der Waals surface area contributed by atoms with E-state index in [4.69, 9.17) is 11.6 Å². The minimum Gasteiger partial charge on any atom is -0.321 e. The maximum atomic E-state index is 12.4. The van der Waals surface area contributed by atoms with Crippen LogP contribution in [0.15, 0.2) is 53.4 Å². The number of halogens is 1. The van der Waals surface area contributed by atoms with Crippen LogP contribution in [0.2, 0.25) is 5.02 Å². The molecule has 2 amide bonds. The van der Waals surface area contributed by atoms with Crippen LogP contribution in [-0.4, -0.2) is 32.7 Å². The third-order valence-corrected chi connectivity index (χ3v) is 5.26. The summed E-state index contributed by atoms with van der Waals surface area (Å²) in [6, 6.07) is 12.9. The Hall–Kier alpha value is -2.05. The van der Waals surface area contributed by atoms with Crippen LogP contribution < -0.4 is 5.32 Å². The maximum absolute atomic E-state index is 12.4. The molecule has 128 valence electrons. The van der Waals surface area contributed by atoms with Gasteiger partial charge >= 0.3 is 6.03 Å². The molecule has 0 bridgehead atoms. The third kappa shape index (κ3) is 4.27. The zero-order chi connectivity index (χ0) is 17.9. The van der Waals surface area contributed by atoms with Crippen LogP contribution in [0.25, 0.3) is 0 Å². The summed E-state index contributed by atoms with van der Waals surface area (Å²) in [6.45, 7) is 1.88. The van der Waals surface area contributed by atoms with Crippen molar-refractivity contribution in [1.82, 2.24) is 4.90 Å². The molecule has 0 spiro atoms. The largest absolute Gasteiger partial charge is 0.322 e. The minimum atomic E-state index is -3.26. The molecule has 0 unspecified atom stereocenters. The van der Waals surface area contributed by atoms with E-state index in [1.165, 1.54) is 17.0 Å². The first-order valence-corrected chi connectivity index (χ1v) is 9.55. The molecule has 2 aromatic carbocycles. The number of nitrogens with zero attached hydrogens (tertiary/aromatic N) is 1. The molecule has 0 radical (unpaired) electrons. The van der Waals surface area contributed by atoms with E-state index in [1.807, 2.05) is 25.1 Å². The van der Waals surface area contributed by atoms with E-state index in [2.05, 4.69) is 5.32 Å². The van der Waals surface area contributed by atoms with Crippen LogP contribution in [0.4, 0.5) is 10.5 Å². The van der Waals surface area contributed by atoms with Gasteiger partial charge in [-0.25, -0.2) is 13.2 Å². The van der Waals surface area contributed by atoms with Crippen LogP contribution in [0.1, 0.15) is 18.5 Å². The van der Waals surface area contributed by atoms with Crippen molar-refractivity contribution in [2.45, 2.75) is 17.9 Å². The summed E-state index contributed by atoms with van der Waals surface area (Å²) in [5.74, 6) is 0. The van der Waals surface area contributed by atoms with Gasteiger partial charge in [-0.05, 0) is 42.8 Å². The smallest absolute Gasteiger partial charge is 0.321 e. The van der Waals surface area contributed by atoms with E-state index in [1.54, 1.807) is 25.2 Å². The summed E-state index contributed by atoms with van der Waals surface area (Å²) >= 11 is 6.17. The fourth-order valence-electron chi connectivity index (χ4n) is 2.20. The van der Waals surface area contributed by atoms with Gasteiger partial charge < -0.3 is 10.2 Å². The number of benzene rings is 2. The van der Waals surface area contributed by atoms with Crippen LogP contribution in [0.5, 0.6) is 0 Å². The van der Waals surface area contributed by atoms with Gasteiger partial charge in [0.25, 0.3) is 0 Å². The van der Waals surface area contributed by atoms with Crippen LogP contribution in [-0.2, 0) is 9.84 Å². The highest BCUT2D eigenvalue weighted by atomic mass is 35.5. The van der Waals surface area contributed by atoms with Gasteiger partial charge in [0, 0.05) is 24.0 Å². The van der Waals surface area contributed by atoms with Gasteiger partial charge in [-0.3, -0.25) is 0 Å². The molecule has 0 fully saturated rings.